The van der Waals surface area contributed by atoms with Gasteiger partial charge in [-0.2, -0.15) is 0 Å². The fourth-order valence-electron chi connectivity index (χ4n) is 2.26. The molecule has 2 heterocycles. The molecule has 1 amide bonds. The van der Waals surface area contributed by atoms with Gasteiger partial charge in [0.2, 0.25) is 0 Å². The minimum Gasteiger partial charge on any atom is -0.456 e. The number of nitrogens with zero attached hydrogens (tertiary/aromatic N) is 1. The zero-order valence-electron chi connectivity index (χ0n) is 8.86. The Morgan fingerprint density at radius 2 is 1.93 bits per heavy atom. The number of rotatable bonds is 2. The van der Waals surface area contributed by atoms with Crippen LogP contribution in [0.5, 0.6) is 0 Å². The van der Waals surface area contributed by atoms with E-state index < -0.39 is 5.97 Å². The second kappa shape index (κ2) is 4.18. The van der Waals surface area contributed by atoms with Crippen molar-refractivity contribution >= 4 is 11.9 Å². The maximum absolute atomic E-state index is 11.6. The van der Waals surface area contributed by atoms with Gasteiger partial charge in [0.1, 0.15) is 0 Å². The fourth-order valence-corrected chi connectivity index (χ4v) is 2.26. The van der Waals surface area contributed by atoms with Crippen LogP contribution < -0.4 is 5.32 Å². The molecule has 1 N–H and O–H groups in total. The molecule has 2 atom stereocenters. The van der Waals surface area contributed by atoms with Crippen LogP contribution in [0.2, 0.25) is 0 Å². The Morgan fingerprint density at radius 3 is 2.47 bits per heavy atom. The molecule has 0 aromatic rings. The van der Waals surface area contributed by atoms with Gasteiger partial charge in [-0.25, -0.2) is 0 Å². The van der Waals surface area contributed by atoms with E-state index in [1.165, 1.54) is 6.92 Å². The molecule has 5 nitrogen and oxygen atoms in total. The molecule has 0 radical (unpaired) electrons. The van der Waals surface area contributed by atoms with Gasteiger partial charge < -0.3 is 15.0 Å². The number of carbonyl (C=O) groups is 2. The summed E-state index contributed by atoms with van der Waals surface area (Å²) < 4.78 is 4.70. The third-order valence-electron chi connectivity index (χ3n) is 2.97. The van der Waals surface area contributed by atoms with Crippen LogP contribution in [0.3, 0.4) is 0 Å². The molecule has 2 fully saturated rings. The third-order valence-corrected chi connectivity index (χ3v) is 2.97. The van der Waals surface area contributed by atoms with Crippen LogP contribution in [0.4, 0.5) is 0 Å². The summed E-state index contributed by atoms with van der Waals surface area (Å²) in [7, 11) is 0. The first-order chi connectivity index (χ1) is 7.15. The van der Waals surface area contributed by atoms with Gasteiger partial charge in [-0.05, 0) is 12.8 Å². The van der Waals surface area contributed by atoms with E-state index in [2.05, 4.69) is 5.32 Å². The van der Waals surface area contributed by atoms with E-state index in [0.29, 0.717) is 12.1 Å². The summed E-state index contributed by atoms with van der Waals surface area (Å²) in [6.07, 6.45) is 2.28. The lowest BCUT2D eigenvalue weighted by molar-refractivity contribution is -0.150. The Hall–Kier alpha value is -1.10. The number of hydrogen-bond donors (Lipinski definition) is 1. The molecule has 2 saturated heterocycles. The molecule has 0 aromatic carbocycles. The van der Waals surface area contributed by atoms with Crippen molar-refractivity contribution in [2.75, 3.05) is 19.7 Å². The van der Waals surface area contributed by atoms with Crippen LogP contribution in [0.15, 0.2) is 0 Å². The van der Waals surface area contributed by atoms with Gasteiger partial charge in [-0.3, -0.25) is 9.59 Å². The van der Waals surface area contributed by atoms with E-state index in [1.54, 1.807) is 4.90 Å². The molecule has 0 aromatic heterocycles. The summed E-state index contributed by atoms with van der Waals surface area (Å²) in [6.45, 7) is 2.69. The number of fused-ring (bicyclic) bond motifs is 2. The Labute approximate surface area is 88.8 Å². The molecule has 2 unspecified atom stereocenters. The lowest BCUT2D eigenvalue weighted by Crippen LogP contribution is -2.53. The summed E-state index contributed by atoms with van der Waals surface area (Å²) in [6, 6.07) is 0.870. The number of piperazine rings is 1. The van der Waals surface area contributed by atoms with Crippen molar-refractivity contribution in [2.24, 2.45) is 0 Å². The molecule has 0 saturated carbocycles. The summed E-state index contributed by atoms with van der Waals surface area (Å²) >= 11 is 0. The first-order valence-electron chi connectivity index (χ1n) is 5.32. The first-order valence-corrected chi connectivity index (χ1v) is 5.32. The second-order valence-electron chi connectivity index (χ2n) is 4.22. The molecule has 2 bridgehead atoms. The molecular weight excluding hydrogens is 196 g/mol. The molecule has 2 rings (SSSR count). The van der Waals surface area contributed by atoms with E-state index in [0.717, 1.165) is 25.9 Å². The van der Waals surface area contributed by atoms with Gasteiger partial charge in [-0.1, -0.05) is 0 Å². The van der Waals surface area contributed by atoms with Crippen LogP contribution in [0, 0.1) is 0 Å². The van der Waals surface area contributed by atoms with Crippen LogP contribution in [-0.2, 0) is 14.3 Å². The van der Waals surface area contributed by atoms with Crippen LogP contribution >= 0.6 is 0 Å². The van der Waals surface area contributed by atoms with Crippen LogP contribution in [0.1, 0.15) is 19.8 Å². The van der Waals surface area contributed by atoms with Crippen molar-refractivity contribution in [3.63, 3.8) is 0 Å². The van der Waals surface area contributed by atoms with Crippen molar-refractivity contribution in [3.8, 4) is 0 Å². The highest BCUT2D eigenvalue weighted by molar-refractivity contribution is 5.80. The van der Waals surface area contributed by atoms with Crippen molar-refractivity contribution < 1.29 is 14.3 Å². The predicted octanol–water partition coefficient (Wildman–Crippen LogP) is -0.488. The number of carbonyl (C=O) groups excluding carboxylic acids is 2. The smallest absolute Gasteiger partial charge is 0.303 e. The molecule has 84 valence electrons. The molecule has 15 heavy (non-hydrogen) atoms. The zero-order valence-corrected chi connectivity index (χ0v) is 8.86. The molecule has 2 aliphatic heterocycles. The highest BCUT2D eigenvalue weighted by Gasteiger charge is 2.34. The standard InChI is InChI=1S/C10H16N2O3/c1-7(13)15-6-10(14)12-4-8-2-3-9(5-12)11-8/h8-9,11H,2-6H2,1H3. The quantitative estimate of drug-likeness (QED) is 0.628. The third kappa shape index (κ3) is 2.47. The van der Waals surface area contributed by atoms with Gasteiger partial charge in [0.15, 0.2) is 6.61 Å². The SMILES string of the molecule is CC(=O)OCC(=O)N1CC2CCC(C1)N2. The van der Waals surface area contributed by atoms with Gasteiger partial charge in [0.25, 0.3) is 5.91 Å². The lowest BCUT2D eigenvalue weighted by atomic mass is 10.2. The molecule has 0 aliphatic carbocycles. The highest BCUT2D eigenvalue weighted by atomic mass is 16.5. The summed E-state index contributed by atoms with van der Waals surface area (Å²) in [5.41, 5.74) is 0. The largest absolute Gasteiger partial charge is 0.456 e. The van der Waals surface area contributed by atoms with Crippen molar-refractivity contribution in [1.82, 2.24) is 10.2 Å². The zero-order chi connectivity index (χ0) is 10.8. The van der Waals surface area contributed by atoms with Gasteiger partial charge in [-0.15, -0.1) is 0 Å². The number of nitrogens with one attached hydrogen (secondary N) is 1. The average molecular weight is 212 g/mol. The lowest BCUT2D eigenvalue weighted by Gasteiger charge is -2.32. The highest BCUT2D eigenvalue weighted by Crippen LogP contribution is 2.19. The van der Waals surface area contributed by atoms with E-state index in [9.17, 15) is 9.59 Å². The fraction of sp³-hybridized carbons (Fsp3) is 0.800. The van der Waals surface area contributed by atoms with Crippen LogP contribution in [-0.4, -0.2) is 48.6 Å². The normalized spacial score (nSPS) is 29.0. The van der Waals surface area contributed by atoms with E-state index in [1.807, 2.05) is 0 Å². The molecule has 0 spiro atoms. The number of esters is 1. The maximum Gasteiger partial charge on any atom is 0.303 e. The topological polar surface area (TPSA) is 58.6 Å². The average Bonchev–Trinajstić information content (AvgIpc) is 2.54. The molecule has 5 heteroatoms. The minimum atomic E-state index is -0.401. The minimum absolute atomic E-state index is 0.0800. The van der Waals surface area contributed by atoms with E-state index in [-0.39, 0.29) is 12.5 Å². The van der Waals surface area contributed by atoms with Gasteiger partial charge in [0.05, 0.1) is 0 Å². The summed E-state index contributed by atoms with van der Waals surface area (Å²) in [5.74, 6) is -0.481. The Bertz CT molecular complexity index is 268. The number of hydrogen-bond acceptors (Lipinski definition) is 4. The number of amides is 1. The number of ether oxygens (including phenoxy) is 1. The van der Waals surface area contributed by atoms with Crippen molar-refractivity contribution in [1.29, 1.82) is 0 Å². The van der Waals surface area contributed by atoms with Crippen molar-refractivity contribution in [3.05, 3.63) is 0 Å². The Kier molecular flexibility index (Phi) is 2.90. The summed E-state index contributed by atoms with van der Waals surface area (Å²) in [5, 5.41) is 3.44. The van der Waals surface area contributed by atoms with Gasteiger partial charge >= 0.3 is 5.97 Å². The first kappa shape index (κ1) is 10.4. The molecular formula is C10H16N2O3. The Morgan fingerprint density at radius 1 is 1.33 bits per heavy atom. The van der Waals surface area contributed by atoms with Crippen molar-refractivity contribution in [2.45, 2.75) is 31.8 Å². The predicted molar refractivity (Wildman–Crippen MR) is 53.2 cm³/mol. The summed E-state index contributed by atoms with van der Waals surface area (Å²) in [4.78, 5) is 24.0. The number of likely N-dealkylation sites (tertiary alicyclic amines) is 1. The van der Waals surface area contributed by atoms with E-state index in [4.69, 9.17) is 4.74 Å². The Balaban J connectivity index is 1.83. The van der Waals surface area contributed by atoms with Crippen LogP contribution in [0.25, 0.3) is 0 Å². The van der Waals surface area contributed by atoms with Gasteiger partial charge in [0, 0.05) is 32.1 Å². The van der Waals surface area contributed by atoms with E-state index >= 15 is 0 Å². The second-order valence-corrected chi connectivity index (χ2v) is 4.22. The molecule has 2 aliphatic rings. The maximum atomic E-state index is 11.6. The monoisotopic (exact) mass is 212 g/mol.